The number of benzene rings is 2. The van der Waals surface area contributed by atoms with Gasteiger partial charge in [0.25, 0.3) is 0 Å². The first kappa shape index (κ1) is 16.9. The minimum Gasteiger partial charge on any atom is -0.265 e. The molecule has 1 saturated carbocycles. The summed E-state index contributed by atoms with van der Waals surface area (Å²) in [5.41, 5.74) is 5.53. The molecule has 0 N–H and O–H groups in total. The zero-order valence-corrected chi connectivity index (χ0v) is 15.6. The highest BCUT2D eigenvalue weighted by Gasteiger charge is 2.52. The Labute approximate surface area is 165 Å². The van der Waals surface area contributed by atoms with Gasteiger partial charge in [-0.25, -0.2) is 0 Å². The Balaban J connectivity index is 1.67. The van der Waals surface area contributed by atoms with E-state index in [1.165, 1.54) is 22.3 Å². The van der Waals surface area contributed by atoms with Crippen LogP contribution >= 0.6 is 0 Å². The number of hydrogen-bond donors (Lipinski definition) is 0. The zero-order chi connectivity index (χ0) is 18.8. The van der Waals surface area contributed by atoms with Crippen molar-refractivity contribution in [1.29, 1.82) is 0 Å². The minimum absolute atomic E-state index is 0.415. The van der Waals surface area contributed by atoms with Crippen LogP contribution in [0.5, 0.6) is 0 Å². The molecule has 28 heavy (non-hydrogen) atoms. The van der Waals surface area contributed by atoms with Crippen molar-refractivity contribution in [2.45, 2.75) is 23.7 Å². The lowest BCUT2D eigenvalue weighted by molar-refractivity contribution is 0.228. The molecule has 136 valence electrons. The maximum absolute atomic E-state index is 4.25. The molecule has 0 bridgehead atoms. The van der Waals surface area contributed by atoms with Gasteiger partial charge in [0.05, 0.1) is 0 Å². The number of hydrogen-bond acceptors (Lipinski definition) is 2. The second-order valence-electron chi connectivity index (χ2n) is 7.49. The highest BCUT2D eigenvalue weighted by molar-refractivity contribution is 5.47. The standard InChI is InChI=1S/C26H22N2/c1-3-7-19(8-4-1)23-24(20-9-5-2-6-10-20)26(22-13-17-28-18-14-22)25(23)21-11-15-27-16-12-21/h1-18,23-26H/t23-,24+,25?,26?. The van der Waals surface area contributed by atoms with E-state index in [2.05, 4.69) is 94.9 Å². The van der Waals surface area contributed by atoms with Crippen molar-refractivity contribution in [3.63, 3.8) is 0 Å². The van der Waals surface area contributed by atoms with Gasteiger partial charge in [-0.1, -0.05) is 60.7 Å². The van der Waals surface area contributed by atoms with Crippen LogP contribution in [0.15, 0.2) is 110 Å². The van der Waals surface area contributed by atoms with Crippen LogP contribution in [0.3, 0.4) is 0 Å². The Morgan fingerprint density at radius 1 is 0.357 bits per heavy atom. The van der Waals surface area contributed by atoms with Gasteiger partial charge < -0.3 is 0 Å². The predicted octanol–water partition coefficient (Wildman–Crippen LogP) is 5.93. The van der Waals surface area contributed by atoms with Crippen molar-refractivity contribution in [2.24, 2.45) is 0 Å². The molecule has 1 fully saturated rings. The van der Waals surface area contributed by atoms with Gasteiger partial charge in [0.15, 0.2) is 0 Å². The fraction of sp³-hybridized carbons (Fsp3) is 0.154. The Morgan fingerprint density at radius 2 is 0.643 bits per heavy atom. The van der Waals surface area contributed by atoms with Crippen molar-refractivity contribution in [2.75, 3.05) is 0 Å². The smallest absolute Gasteiger partial charge is 0.0270 e. The largest absolute Gasteiger partial charge is 0.265 e. The summed E-state index contributed by atoms with van der Waals surface area (Å²) in [7, 11) is 0. The van der Waals surface area contributed by atoms with E-state index in [1.807, 2.05) is 24.8 Å². The fourth-order valence-electron chi connectivity index (χ4n) is 4.93. The Morgan fingerprint density at radius 3 is 0.964 bits per heavy atom. The summed E-state index contributed by atoms with van der Waals surface area (Å²) >= 11 is 0. The fourth-order valence-corrected chi connectivity index (χ4v) is 4.93. The SMILES string of the molecule is c1ccc([C@@H]2C(c3ccncc3)C(c3ccncc3)[C@@H]2c2ccccc2)cc1. The Hall–Kier alpha value is -3.26. The van der Waals surface area contributed by atoms with Gasteiger partial charge in [-0.05, 0) is 70.2 Å². The summed E-state index contributed by atoms with van der Waals surface area (Å²) in [6.45, 7) is 0. The molecule has 0 spiro atoms. The van der Waals surface area contributed by atoms with E-state index in [-0.39, 0.29) is 0 Å². The van der Waals surface area contributed by atoms with Crippen LogP contribution in [0.1, 0.15) is 45.9 Å². The summed E-state index contributed by atoms with van der Waals surface area (Å²) in [4.78, 5) is 8.50. The first-order valence-corrected chi connectivity index (χ1v) is 9.83. The molecule has 1 aliphatic rings. The summed E-state index contributed by atoms with van der Waals surface area (Å²) in [5.74, 6) is 1.70. The monoisotopic (exact) mass is 362 g/mol. The maximum atomic E-state index is 4.25. The maximum Gasteiger partial charge on any atom is 0.0270 e. The third-order valence-electron chi connectivity index (χ3n) is 6.10. The zero-order valence-electron chi connectivity index (χ0n) is 15.6. The highest BCUT2D eigenvalue weighted by Crippen LogP contribution is 2.66. The molecule has 2 aromatic heterocycles. The minimum atomic E-state index is 0.415. The third-order valence-corrected chi connectivity index (χ3v) is 6.10. The molecule has 0 radical (unpaired) electrons. The summed E-state index contributed by atoms with van der Waals surface area (Å²) in [5, 5.41) is 0. The lowest BCUT2D eigenvalue weighted by Gasteiger charge is -2.53. The van der Waals surface area contributed by atoms with E-state index in [1.54, 1.807) is 0 Å². The molecular formula is C26H22N2. The van der Waals surface area contributed by atoms with Gasteiger partial charge in [0, 0.05) is 24.8 Å². The number of aromatic nitrogens is 2. The molecule has 5 rings (SSSR count). The molecule has 0 amide bonds. The van der Waals surface area contributed by atoms with Crippen molar-refractivity contribution < 1.29 is 0 Å². The van der Waals surface area contributed by atoms with Crippen LogP contribution in [0, 0.1) is 0 Å². The van der Waals surface area contributed by atoms with Crippen LogP contribution in [0.25, 0.3) is 0 Å². The van der Waals surface area contributed by atoms with E-state index in [9.17, 15) is 0 Å². The highest BCUT2D eigenvalue weighted by atomic mass is 14.6. The molecule has 2 unspecified atom stereocenters. The second kappa shape index (κ2) is 7.40. The van der Waals surface area contributed by atoms with E-state index in [0.29, 0.717) is 23.7 Å². The summed E-state index contributed by atoms with van der Waals surface area (Å²) < 4.78 is 0. The predicted molar refractivity (Wildman–Crippen MR) is 112 cm³/mol. The van der Waals surface area contributed by atoms with E-state index in [4.69, 9.17) is 0 Å². The van der Waals surface area contributed by atoms with Gasteiger partial charge in [-0.15, -0.1) is 0 Å². The lowest BCUT2D eigenvalue weighted by atomic mass is 9.49. The van der Waals surface area contributed by atoms with E-state index >= 15 is 0 Å². The van der Waals surface area contributed by atoms with Crippen molar-refractivity contribution >= 4 is 0 Å². The second-order valence-corrected chi connectivity index (χ2v) is 7.49. The molecule has 0 saturated heterocycles. The normalized spacial score (nSPS) is 23.7. The van der Waals surface area contributed by atoms with Crippen molar-refractivity contribution in [1.82, 2.24) is 9.97 Å². The molecular weight excluding hydrogens is 340 g/mol. The van der Waals surface area contributed by atoms with E-state index in [0.717, 1.165) is 0 Å². The number of pyridine rings is 2. The molecule has 4 atom stereocenters. The molecule has 2 aromatic carbocycles. The van der Waals surface area contributed by atoms with E-state index < -0.39 is 0 Å². The summed E-state index contributed by atoms with van der Waals surface area (Å²) in [6, 6.07) is 30.6. The third kappa shape index (κ3) is 2.91. The van der Waals surface area contributed by atoms with Gasteiger partial charge >= 0.3 is 0 Å². The topological polar surface area (TPSA) is 25.8 Å². The average molecular weight is 362 g/mol. The van der Waals surface area contributed by atoms with Gasteiger partial charge in [0.1, 0.15) is 0 Å². The Bertz CT molecular complexity index is 835. The van der Waals surface area contributed by atoms with Crippen molar-refractivity contribution in [3.05, 3.63) is 132 Å². The van der Waals surface area contributed by atoms with Crippen LogP contribution in [-0.4, -0.2) is 9.97 Å². The molecule has 0 aliphatic heterocycles. The Kier molecular flexibility index (Phi) is 4.46. The summed E-state index contributed by atoms with van der Waals surface area (Å²) in [6.07, 6.45) is 7.65. The average Bonchev–Trinajstić information content (AvgIpc) is 2.76. The molecule has 4 aromatic rings. The van der Waals surface area contributed by atoms with Crippen LogP contribution in [-0.2, 0) is 0 Å². The molecule has 2 heterocycles. The lowest BCUT2D eigenvalue weighted by Crippen LogP contribution is -2.40. The van der Waals surface area contributed by atoms with Crippen molar-refractivity contribution in [3.8, 4) is 0 Å². The van der Waals surface area contributed by atoms with Crippen LogP contribution in [0.2, 0.25) is 0 Å². The van der Waals surface area contributed by atoms with Gasteiger partial charge in [-0.2, -0.15) is 0 Å². The first-order valence-electron chi connectivity index (χ1n) is 9.83. The number of rotatable bonds is 4. The van der Waals surface area contributed by atoms with Crippen LogP contribution < -0.4 is 0 Å². The molecule has 2 nitrogen and oxygen atoms in total. The number of nitrogens with zero attached hydrogens (tertiary/aromatic N) is 2. The van der Waals surface area contributed by atoms with Gasteiger partial charge in [-0.3, -0.25) is 9.97 Å². The first-order chi connectivity index (χ1) is 13.9. The molecule has 2 heteroatoms. The van der Waals surface area contributed by atoms with Gasteiger partial charge in [0.2, 0.25) is 0 Å². The quantitative estimate of drug-likeness (QED) is 0.450. The molecule has 1 aliphatic carbocycles. The van der Waals surface area contributed by atoms with Crippen LogP contribution in [0.4, 0.5) is 0 Å².